The lowest BCUT2D eigenvalue weighted by Crippen LogP contribution is -2.49. The van der Waals surface area contributed by atoms with Crippen molar-refractivity contribution in [2.24, 2.45) is 5.10 Å². The highest BCUT2D eigenvalue weighted by Crippen LogP contribution is 2.60. The van der Waals surface area contributed by atoms with Gasteiger partial charge in [-0.15, -0.1) is 0 Å². The van der Waals surface area contributed by atoms with E-state index in [9.17, 15) is 9.59 Å². The van der Waals surface area contributed by atoms with E-state index < -0.39 is 10.3 Å². The number of thioether (sulfide) groups is 2. The number of methoxy groups -OCH3 is 1. The monoisotopic (exact) mass is 425 g/mol. The van der Waals surface area contributed by atoms with Gasteiger partial charge in [0, 0.05) is 18.3 Å². The number of nitrogens with zero attached hydrogens (tertiary/aromatic N) is 3. The fraction of sp³-hybridized carbons (Fsp3) is 0.190. The molecule has 0 bridgehead atoms. The molecule has 0 amide bonds. The number of benzene rings is 2. The van der Waals surface area contributed by atoms with Crippen LogP contribution in [0, 0.1) is 0 Å². The maximum atomic E-state index is 12.5. The molecule has 6 nitrogen and oxygen atoms in total. The van der Waals surface area contributed by atoms with Gasteiger partial charge in [0.25, 0.3) is 0 Å². The molecule has 2 heterocycles. The van der Waals surface area contributed by atoms with Crippen LogP contribution in [0.4, 0.5) is 11.4 Å². The van der Waals surface area contributed by atoms with Crippen LogP contribution in [0.1, 0.15) is 13.8 Å². The summed E-state index contributed by atoms with van der Waals surface area (Å²) in [5.74, 6) is -0.527. The number of allylic oxidation sites excluding steroid dienone is 1. The standard InChI is InChI=1S/C21H19N3O3S2/c1-14-18(20(26)27-3)28-21(23(14)16-10-6-4-7-11-16)24(17-12-8-5-9-13-17)22-19(29-21)15(2)25/h4-13H,1-3H3/t21-/m0/s1. The zero-order valence-corrected chi connectivity index (χ0v) is 17.8. The van der Waals surface area contributed by atoms with Gasteiger partial charge in [0.15, 0.2) is 10.8 Å². The minimum atomic E-state index is -0.892. The fourth-order valence-corrected chi connectivity index (χ4v) is 6.24. The van der Waals surface area contributed by atoms with Crippen LogP contribution in [0.25, 0.3) is 0 Å². The van der Waals surface area contributed by atoms with Crippen LogP contribution in [-0.2, 0) is 14.3 Å². The SMILES string of the molecule is COC(=O)C1=C(C)N(c2ccccc2)[C@@]2(SC(C(C)=O)=NN2c2ccccc2)S1. The number of Topliss-reactive ketones (excluding diaryl/α,β-unsaturated/α-hetero) is 1. The summed E-state index contributed by atoms with van der Waals surface area (Å²) < 4.78 is 4.14. The number of hydrogen-bond donors (Lipinski definition) is 0. The van der Waals surface area contributed by atoms with Crippen LogP contribution in [0.2, 0.25) is 0 Å². The first kappa shape index (κ1) is 19.6. The largest absolute Gasteiger partial charge is 0.465 e. The lowest BCUT2D eigenvalue weighted by Gasteiger charge is -2.41. The Morgan fingerprint density at radius 3 is 2.10 bits per heavy atom. The van der Waals surface area contributed by atoms with Crippen molar-refractivity contribution in [2.75, 3.05) is 17.0 Å². The molecular formula is C21H19N3O3S2. The van der Waals surface area contributed by atoms with Crippen molar-refractivity contribution in [1.29, 1.82) is 0 Å². The smallest absolute Gasteiger partial charge is 0.346 e. The third kappa shape index (κ3) is 3.22. The molecule has 0 saturated heterocycles. The van der Waals surface area contributed by atoms with E-state index >= 15 is 0 Å². The van der Waals surface area contributed by atoms with Crippen LogP contribution in [0.3, 0.4) is 0 Å². The first-order valence-electron chi connectivity index (χ1n) is 8.95. The molecule has 0 unspecified atom stereocenters. The molecule has 0 aliphatic carbocycles. The molecule has 148 valence electrons. The maximum absolute atomic E-state index is 12.5. The summed E-state index contributed by atoms with van der Waals surface area (Å²) in [5.41, 5.74) is 2.47. The predicted molar refractivity (Wildman–Crippen MR) is 119 cm³/mol. The molecule has 0 aromatic heterocycles. The van der Waals surface area contributed by atoms with Crippen molar-refractivity contribution < 1.29 is 14.3 Å². The van der Waals surface area contributed by atoms with Crippen LogP contribution in [-0.4, -0.2) is 28.2 Å². The Labute approximate surface area is 177 Å². The van der Waals surface area contributed by atoms with Crippen LogP contribution in [0.5, 0.6) is 0 Å². The molecule has 0 saturated carbocycles. The maximum Gasteiger partial charge on any atom is 0.346 e. The van der Waals surface area contributed by atoms with Crippen molar-refractivity contribution in [1.82, 2.24) is 0 Å². The van der Waals surface area contributed by atoms with E-state index in [1.165, 1.54) is 37.6 Å². The molecular weight excluding hydrogens is 406 g/mol. The number of anilines is 2. The Hall–Kier alpha value is -2.71. The molecule has 1 atom stereocenters. The van der Waals surface area contributed by atoms with Gasteiger partial charge in [-0.25, -0.2) is 9.80 Å². The number of carbonyl (C=O) groups excluding carboxylic acids is 2. The Morgan fingerprint density at radius 2 is 1.55 bits per heavy atom. The Balaban J connectivity index is 1.91. The van der Waals surface area contributed by atoms with Gasteiger partial charge >= 0.3 is 5.97 Å². The summed E-state index contributed by atoms with van der Waals surface area (Å²) in [7, 11) is 1.37. The molecule has 0 fully saturated rings. The Bertz CT molecular complexity index is 1020. The number of hydrazone groups is 1. The number of hydrogen-bond acceptors (Lipinski definition) is 8. The third-order valence-electron chi connectivity index (χ3n) is 4.56. The zero-order valence-electron chi connectivity index (χ0n) is 16.2. The second kappa shape index (κ2) is 7.61. The minimum absolute atomic E-state index is 0.120. The first-order valence-corrected chi connectivity index (χ1v) is 10.6. The highest BCUT2D eigenvalue weighted by atomic mass is 32.2. The Morgan fingerprint density at radius 1 is 0.966 bits per heavy atom. The number of rotatable bonds is 4. The van der Waals surface area contributed by atoms with E-state index in [0.29, 0.717) is 9.95 Å². The van der Waals surface area contributed by atoms with Gasteiger partial charge in [0.05, 0.1) is 12.8 Å². The van der Waals surface area contributed by atoms with E-state index in [2.05, 4.69) is 5.10 Å². The van der Waals surface area contributed by atoms with E-state index in [4.69, 9.17) is 4.74 Å². The minimum Gasteiger partial charge on any atom is -0.465 e. The quantitative estimate of drug-likeness (QED) is 0.672. The van der Waals surface area contributed by atoms with E-state index in [1.54, 1.807) is 0 Å². The predicted octanol–water partition coefficient (Wildman–Crippen LogP) is 4.41. The number of esters is 1. The molecule has 0 N–H and O–H groups in total. The van der Waals surface area contributed by atoms with Gasteiger partial charge in [-0.2, -0.15) is 5.10 Å². The molecule has 2 aliphatic heterocycles. The summed E-state index contributed by atoms with van der Waals surface area (Å²) in [5, 5.41) is 6.85. The zero-order chi connectivity index (χ0) is 20.6. The number of ether oxygens (including phenoxy) is 1. The topological polar surface area (TPSA) is 62.2 Å². The van der Waals surface area contributed by atoms with Gasteiger partial charge in [0.2, 0.25) is 4.33 Å². The van der Waals surface area contributed by atoms with Crippen molar-refractivity contribution in [3.05, 3.63) is 71.3 Å². The first-order chi connectivity index (χ1) is 14.0. The van der Waals surface area contributed by atoms with Crippen molar-refractivity contribution in [3.63, 3.8) is 0 Å². The highest BCUT2D eigenvalue weighted by molar-refractivity contribution is 8.29. The van der Waals surface area contributed by atoms with Gasteiger partial charge in [0.1, 0.15) is 4.91 Å². The second-order valence-corrected chi connectivity index (χ2v) is 9.04. The van der Waals surface area contributed by atoms with E-state index in [1.807, 2.05) is 77.5 Å². The molecule has 0 radical (unpaired) electrons. The number of ketones is 1. The normalized spacial score (nSPS) is 21.0. The molecule has 2 aromatic carbocycles. The highest BCUT2D eigenvalue weighted by Gasteiger charge is 2.57. The van der Waals surface area contributed by atoms with Crippen LogP contribution in [0.15, 0.2) is 76.4 Å². The second-order valence-electron chi connectivity index (χ2n) is 6.44. The molecule has 4 rings (SSSR count). The number of carbonyl (C=O) groups is 2. The fourth-order valence-electron chi connectivity index (χ4n) is 3.26. The molecule has 2 aromatic rings. The van der Waals surface area contributed by atoms with E-state index in [-0.39, 0.29) is 5.78 Å². The van der Waals surface area contributed by atoms with E-state index in [0.717, 1.165) is 17.1 Å². The van der Waals surface area contributed by atoms with Gasteiger partial charge < -0.3 is 9.64 Å². The molecule has 1 spiro atoms. The summed E-state index contributed by atoms with van der Waals surface area (Å²) in [6, 6.07) is 19.4. The lowest BCUT2D eigenvalue weighted by molar-refractivity contribution is -0.135. The summed E-state index contributed by atoms with van der Waals surface area (Å²) in [4.78, 5) is 27.3. The van der Waals surface area contributed by atoms with Crippen LogP contribution >= 0.6 is 23.5 Å². The Kier molecular flexibility index (Phi) is 5.14. The summed E-state index contributed by atoms with van der Waals surface area (Å²) in [6.45, 7) is 3.39. The lowest BCUT2D eigenvalue weighted by atomic mass is 10.2. The van der Waals surface area contributed by atoms with Crippen molar-refractivity contribution >= 4 is 51.7 Å². The average Bonchev–Trinajstić information content (AvgIpc) is 3.27. The molecule has 8 heteroatoms. The molecule has 29 heavy (non-hydrogen) atoms. The van der Waals surface area contributed by atoms with Crippen LogP contribution < -0.4 is 9.91 Å². The van der Waals surface area contributed by atoms with Gasteiger partial charge in [-0.1, -0.05) is 48.2 Å². The average molecular weight is 426 g/mol. The van der Waals surface area contributed by atoms with Gasteiger partial charge in [-0.05, 0) is 43.0 Å². The third-order valence-corrected chi connectivity index (χ3v) is 7.53. The summed E-state index contributed by atoms with van der Waals surface area (Å²) in [6.07, 6.45) is 0. The molecule has 2 aliphatic rings. The van der Waals surface area contributed by atoms with Crippen molar-refractivity contribution in [3.8, 4) is 0 Å². The van der Waals surface area contributed by atoms with Crippen molar-refractivity contribution in [2.45, 2.75) is 18.2 Å². The number of para-hydroxylation sites is 2. The van der Waals surface area contributed by atoms with Gasteiger partial charge in [-0.3, -0.25) is 4.79 Å². The summed E-state index contributed by atoms with van der Waals surface area (Å²) >= 11 is 2.68.